The molecule has 21 heavy (non-hydrogen) atoms. The number of carbonyl (C=O) groups is 1. The Morgan fingerprint density at radius 2 is 1.90 bits per heavy atom. The summed E-state index contributed by atoms with van der Waals surface area (Å²) >= 11 is 12.2. The Morgan fingerprint density at radius 3 is 2.38 bits per heavy atom. The van der Waals surface area contributed by atoms with E-state index in [4.69, 9.17) is 27.9 Å². The minimum Gasteiger partial charge on any atom is -0.494 e. The molecule has 4 nitrogen and oxygen atoms in total. The Labute approximate surface area is 134 Å². The summed E-state index contributed by atoms with van der Waals surface area (Å²) in [5, 5.41) is 9.84. The van der Waals surface area contributed by atoms with E-state index in [1.807, 2.05) is 0 Å². The van der Waals surface area contributed by atoms with Crippen molar-refractivity contribution in [1.82, 2.24) is 4.90 Å². The first-order valence-electron chi connectivity index (χ1n) is 7.03. The number of ether oxygens (including phenoxy) is 1. The Kier molecular flexibility index (Phi) is 5.73. The van der Waals surface area contributed by atoms with Gasteiger partial charge in [0.2, 0.25) is 0 Å². The Hall–Kier alpha value is -0.970. The van der Waals surface area contributed by atoms with E-state index in [-0.39, 0.29) is 18.6 Å². The highest BCUT2D eigenvalue weighted by Crippen LogP contribution is 2.34. The van der Waals surface area contributed by atoms with E-state index in [1.165, 1.54) is 7.11 Å². The van der Waals surface area contributed by atoms with Crippen molar-refractivity contribution < 1.29 is 14.6 Å². The number of halogens is 2. The predicted molar refractivity (Wildman–Crippen MR) is 83.4 cm³/mol. The third-order valence-electron chi connectivity index (χ3n) is 3.82. The monoisotopic (exact) mass is 331 g/mol. The van der Waals surface area contributed by atoms with Crippen LogP contribution in [0.3, 0.4) is 0 Å². The highest BCUT2D eigenvalue weighted by atomic mass is 35.5. The summed E-state index contributed by atoms with van der Waals surface area (Å²) in [5.74, 6) is 0.215. The summed E-state index contributed by atoms with van der Waals surface area (Å²) in [6.07, 6.45) is 4.18. The molecule has 1 aromatic rings. The summed E-state index contributed by atoms with van der Waals surface area (Å²) in [7, 11) is 1.48. The fourth-order valence-electron chi connectivity index (χ4n) is 2.82. The molecule has 0 heterocycles. The molecule has 0 aliphatic heterocycles. The van der Waals surface area contributed by atoms with E-state index in [0.29, 0.717) is 27.9 Å². The molecule has 2 rings (SSSR count). The van der Waals surface area contributed by atoms with Gasteiger partial charge in [-0.05, 0) is 25.0 Å². The molecule has 1 amide bonds. The fourth-order valence-corrected chi connectivity index (χ4v) is 3.46. The first kappa shape index (κ1) is 16.4. The highest BCUT2D eigenvalue weighted by molar-refractivity contribution is 6.37. The van der Waals surface area contributed by atoms with E-state index in [9.17, 15) is 9.90 Å². The summed E-state index contributed by atoms with van der Waals surface area (Å²) in [5.41, 5.74) is 0.422. The highest BCUT2D eigenvalue weighted by Gasteiger charge is 2.27. The number of aliphatic hydroxyl groups is 1. The molecule has 116 valence electrons. The second-order valence-electron chi connectivity index (χ2n) is 5.13. The van der Waals surface area contributed by atoms with Crippen molar-refractivity contribution in [3.8, 4) is 5.75 Å². The van der Waals surface area contributed by atoms with Crippen molar-refractivity contribution in [1.29, 1.82) is 0 Å². The third kappa shape index (κ3) is 3.62. The minimum atomic E-state index is -0.151. The zero-order chi connectivity index (χ0) is 15.4. The van der Waals surface area contributed by atoms with E-state index in [0.717, 1.165) is 25.7 Å². The van der Waals surface area contributed by atoms with Crippen molar-refractivity contribution in [2.24, 2.45) is 0 Å². The summed E-state index contributed by atoms with van der Waals surface area (Å²) in [6, 6.07) is 3.31. The van der Waals surface area contributed by atoms with Gasteiger partial charge in [-0.2, -0.15) is 0 Å². The van der Waals surface area contributed by atoms with Crippen LogP contribution in [0.15, 0.2) is 12.1 Å². The maximum absolute atomic E-state index is 12.7. The van der Waals surface area contributed by atoms with Crippen LogP contribution < -0.4 is 4.74 Å². The van der Waals surface area contributed by atoms with Crippen molar-refractivity contribution in [3.05, 3.63) is 27.7 Å². The van der Waals surface area contributed by atoms with Crippen molar-refractivity contribution in [3.63, 3.8) is 0 Å². The number of amides is 1. The van der Waals surface area contributed by atoms with Crippen LogP contribution in [0, 0.1) is 0 Å². The maximum atomic E-state index is 12.7. The van der Waals surface area contributed by atoms with Crippen molar-refractivity contribution in [2.75, 3.05) is 20.3 Å². The molecule has 1 aliphatic rings. The zero-order valence-electron chi connectivity index (χ0n) is 11.9. The average Bonchev–Trinajstić information content (AvgIpc) is 2.97. The van der Waals surface area contributed by atoms with Crippen LogP contribution in [-0.2, 0) is 0 Å². The van der Waals surface area contributed by atoms with Gasteiger partial charge in [0, 0.05) is 18.2 Å². The SMILES string of the molecule is COc1c(Cl)cc(C(=O)N(CCO)C2CCCC2)cc1Cl. The number of carbonyl (C=O) groups excluding carboxylic acids is 1. The molecule has 1 N–H and O–H groups in total. The second kappa shape index (κ2) is 7.34. The van der Waals surface area contributed by atoms with Crippen LogP contribution in [0.1, 0.15) is 36.0 Å². The molecule has 0 radical (unpaired) electrons. The molecule has 1 aliphatic carbocycles. The van der Waals surface area contributed by atoms with Gasteiger partial charge in [0.1, 0.15) is 0 Å². The normalized spacial score (nSPS) is 15.2. The fraction of sp³-hybridized carbons (Fsp3) is 0.533. The maximum Gasteiger partial charge on any atom is 0.254 e. The molecule has 0 atom stereocenters. The molecule has 0 aromatic heterocycles. The lowest BCUT2D eigenvalue weighted by atomic mass is 10.1. The number of hydrogen-bond donors (Lipinski definition) is 1. The van der Waals surface area contributed by atoms with Crippen molar-refractivity contribution in [2.45, 2.75) is 31.7 Å². The molecular formula is C15H19Cl2NO3. The quantitative estimate of drug-likeness (QED) is 0.899. The van der Waals surface area contributed by atoms with Gasteiger partial charge < -0.3 is 14.7 Å². The van der Waals surface area contributed by atoms with Crippen LogP contribution in [0.4, 0.5) is 0 Å². The van der Waals surface area contributed by atoms with E-state index in [1.54, 1.807) is 17.0 Å². The van der Waals surface area contributed by atoms with E-state index >= 15 is 0 Å². The van der Waals surface area contributed by atoms with Gasteiger partial charge in [0.05, 0.1) is 23.8 Å². The Balaban J connectivity index is 2.28. The van der Waals surface area contributed by atoms with Gasteiger partial charge in [-0.15, -0.1) is 0 Å². The van der Waals surface area contributed by atoms with Gasteiger partial charge >= 0.3 is 0 Å². The largest absolute Gasteiger partial charge is 0.494 e. The topological polar surface area (TPSA) is 49.8 Å². The molecule has 0 bridgehead atoms. The third-order valence-corrected chi connectivity index (χ3v) is 4.38. The van der Waals surface area contributed by atoms with Gasteiger partial charge in [-0.1, -0.05) is 36.0 Å². The molecule has 0 spiro atoms. The molecule has 1 fully saturated rings. The van der Waals surface area contributed by atoms with Crippen LogP contribution in [-0.4, -0.2) is 42.2 Å². The molecular weight excluding hydrogens is 313 g/mol. The number of methoxy groups -OCH3 is 1. The zero-order valence-corrected chi connectivity index (χ0v) is 13.5. The Bertz CT molecular complexity index is 493. The van der Waals surface area contributed by atoms with E-state index in [2.05, 4.69) is 0 Å². The number of aliphatic hydroxyl groups excluding tert-OH is 1. The molecule has 1 aromatic carbocycles. The van der Waals surface area contributed by atoms with Crippen LogP contribution >= 0.6 is 23.2 Å². The summed E-state index contributed by atoms with van der Waals surface area (Å²) in [6.45, 7) is 0.268. The van der Waals surface area contributed by atoms with Crippen LogP contribution in [0.25, 0.3) is 0 Å². The van der Waals surface area contributed by atoms with Gasteiger partial charge in [-0.3, -0.25) is 4.79 Å². The van der Waals surface area contributed by atoms with Crippen LogP contribution in [0.2, 0.25) is 10.0 Å². The first-order valence-corrected chi connectivity index (χ1v) is 7.79. The Morgan fingerprint density at radius 1 is 1.33 bits per heavy atom. The number of benzene rings is 1. The lowest BCUT2D eigenvalue weighted by molar-refractivity contribution is 0.0638. The second-order valence-corrected chi connectivity index (χ2v) is 5.95. The number of nitrogens with zero attached hydrogens (tertiary/aromatic N) is 1. The lowest BCUT2D eigenvalue weighted by Crippen LogP contribution is -2.40. The van der Waals surface area contributed by atoms with Crippen LogP contribution in [0.5, 0.6) is 5.75 Å². The predicted octanol–water partition coefficient (Wildman–Crippen LogP) is 3.38. The van der Waals surface area contributed by atoms with Gasteiger partial charge in [0.25, 0.3) is 5.91 Å². The number of hydrogen-bond acceptors (Lipinski definition) is 3. The molecule has 0 unspecified atom stereocenters. The van der Waals surface area contributed by atoms with Gasteiger partial charge in [-0.25, -0.2) is 0 Å². The molecule has 6 heteroatoms. The standard InChI is InChI=1S/C15H19Cl2NO3/c1-21-14-12(16)8-10(9-13(14)17)15(20)18(6-7-19)11-4-2-3-5-11/h8-9,11,19H,2-7H2,1H3. The van der Waals surface area contributed by atoms with Gasteiger partial charge in [0.15, 0.2) is 5.75 Å². The lowest BCUT2D eigenvalue weighted by Gasteiger charge is -2.28. The molecule has 0 saturated heterocycles. The number of rotatable bonds is 5. The summed E-state index contributed by atoms with van der Waals surface area (Å²) in [4.78, 5) is 14.4. The first-order chi connectivity index (χ1) is 10.1. The van der Waals surface area contributed by atoms with Crippen molar-refractivity contribution >= 4 is 29.1 Å². The summed E-state index contributed by atoms with van der Waals surface area (Å²) < 4.78 is 5.09. The smallest absolute Gasteiger partial charge is 0.254 e. The van der Waals surface area contributed by atoms with E-state index < -0.39 is 0 Å². The molecule has 1 saturated carbocycles. The average molecular weight is 332 g/mol. The minimum absolute atomic E-state index is 0.0557.